The topological polar surface area (TPSA) is 74.6 Å². The predicted octanol–water partition coefficient (Wildman–Crippen LogP) is 5.81. The fourth-order valence-electron chi connectivity index (χ4n) is 2.93. The van der Waals surface area contributed by atoms with Crippen LogP contribution in [-0.4, -0.2) is 22.2 Å². The van der Waals surface area contributed by atoms with Crippen LogP contribution in [0.4, 0.5) is 0 Å². The Morgan fingerprint density at radius 3 is 1.42 bits per heavy atom. The summed E-state index contributed by atoms with van der Waals surface area (Å²) < 4.78 is 0. The van der Waals surface area contributed by atoms with Crippen molar-refractivity contribution in [2.24, 2.45) is 5.92 Å². The van der Waals surface area contributed by atoms with Gasteiger partial charge >= 0.3 is 11.9 Å². The molecular weight excluding hydrogens is 304 g/mol. The maximum Gasteiger partial charge on any atom is 0.310 e. The van der Waals surface area contributed by atoms with Crippen molar-refractivity contribution in [1.29, 1.82) is 0 Å². The van der Waals surface area contributed by atoms with E-state index in [0.29, 0.717) is 12.8 Å². The smallest absolute Gasteiger partial charge is 0.310 e. The van der Waals surface area contributed by atoms with E-state index in [-0.39, 0.29) is 5.92 Å². The van der Waals surface area contributed by atoms with Gasteiger partial charge in [-0.15, -0.1) is 6.58 Å². The van der Waals surface area contributed by atoms with E-state index < -0.39 is 11.9 Å². The summed E-state index contributed by atoms with van der Waals surface area (Å²) in [7, 11) is 0. The van der Waals surface area contributed by atoms with Gasteiger partial charge in [0.15, 0.2) is 0 Å². The first kappa shape index (κ1) is 22.7. The van der Waals surface area contributed by atoms with Gasteiger partial charge in [-0.1, -0.05) is 83.1 Å². The van der Waals surface area contributed by atoms with Crippen molar-refractivity contribution in [3.63, 3.8) is 0 Å². The Balaban J connectivity index is 3.16. The maximum atomic E-state index is 10.8. The molecule has 24 heavy (non-hydrogen) atoms. The number of carboxylic acid groups (broad SMARTS) is 2. The van der Waals surface area contributed by atoms with Crippen molar-refractivity contribution in [3.8, 4) is 0 Å². The van der Waals surface area contributed by atoms with E-state index in [9.17, 15) is 9.59 Å². The minimum absolute atomic E-state index is 0.310. The maximum absolute atomic E-state index is 10.8. The zero-order chi connectivity index (χ0) is 18.0. The second-order valence-electron chi connectivity index (χ2n) is 6.71. The molecule has 0 aliphatic heterocycles. The van der Waals surface area contributed by atoms with Crippen molar-refractivity contribution >= 4 is 11.9 Å². The minimum atomic E-state index is -0.758. The van der Waals surface area contributed by atoms with Crippen LogP contribution in [0, 0.1) is 5.92 Å². The molecule has 0 radical (unpaired) electrons. The number of hydrogen-bond acceptors (Lipinski definition) is 2. The average molecular weight is 341 g/mol. The quantitative estimate of drug-likeness (QED) is 0.244. The lowest BCUT2D eigenvalue weighted by molar-refractivity contribution is -0.140. The summed E-state index contributed by atoms with van der Waals surface area (Å²) in [6, 6.07) is 0. The molecule has 4 heteroatoms. The van der Waals surface area contributed by atoms with E-state index >= 15 is 0 Å². The molecule has 140 valence electrons. The summed E-state index contributed by atoms with van der Waals surface area (Å²) in [5, 5.41) is 17.4. The first-order chi connectivity index (χ1) is 11.6. The molecule has 0 aliphatic rings. The Morgan fingerprint density at radius 2 is 1.08 bits per heavy atom. The van der Waals surface area contributed by atoms with E-state index in [1.165, 1.54) is 57.4 Å². The lowest BCUT2D eigenvalue weighted by atomic mass is 10.00. The van der Waals surface area contributed by atoms with Crippen molar-refractivity contribution in [2.75, 3.05) is 0 Å². The number of carbonyl (C=O) groups is 2. The van der Waals surface area contributed by atoms with Gasteiger partial charge in [0, 0.05) is 6.42 Å². The van der Waals surface area contributed by atoms with E-state index in [1.807, 2.05) is 0 Å². The molecule has 0 amide bonds. The van der Waals surface area contributed by atoms with Gasteiger partial charge in [0.25, 0.3) is 0 Å². The molecular formula is C20H36O4. The van der Waals surface area contributed by atoms with Gasteiger partial charge in [-0.05, 0) is 12.8 Å². The van der Waals surface area contributed by atoms with Crippen LogP contribution in [-0.2, 0) is 9.59 Å². The zero-order valence-electron chi connectivity index (χ0n) is 15.2. The van der Waals surface area contributed by atoms with E-state index in [4.69, 9.17) is 10.2 Å². The standard InChI is InChI=1S/C20H36O4/c1-2-18(20(23)24)16-14-12-10-8-6-4-3-5-7-9-11-13-15-17-19(21)22/h2,18H,1,3-17H2,(H,21,22)(H,23,24). The summed E-state index contributed by atoms with van der Waals surface area (Å²) in [5.74, 6) is -1.82. The molecule has 1 unspecified atom stereocenters. The first-order valence-corrected chi connectivity index (χ1v) is 9.65. The Labute approximate surface area is 147 Å². The second-order valence-corrected chi connectivity index (χ2v) is 6.71. The molecule has 0 saturated heterocycles. The van der Waals surface area contributed by atoms with Crippen molar-refractivity contribution in [2.45, 2.75) is 96.3 Å². The monoisotopic (exact) mass is 340 g/mol. The van der Waals surface area contributed by atoms with Crippen LogP contribution in [0.1, 0.15) is 96.3 Å². The van der Waals surface area contributed by atoms with Crippen molar-refractivity contribution in [3.05, 3.63) is 12.7 Å². The second kappa shape index (κ2) is 16.5. The minimum Gasteiger partial charge on any atom is -0.481 e. The largest absolute Gasteiger partial charge is 0.481 e. The molecule has 1 atom stereocenters. The number of hydrogen-bond donors (Lipinski definition) is 2. The van der Waals surface area contributed by atoms with Crippen LogP contribution in [0.3, 0.4) is 0 Å². The Hall–Kier alpha value is -1.32. The van der Waals surface area contributed by atoms with Crippen LogP contribution >= 0.6 is 0 Å². The summed E-state index contributed by atoms with van der Waals surface area (Å²) in [4.78, 5) is 21.2. The van der Waals surface area contributed by atoms with Gasteiger partial charge in [0.1, 0.15) is 0 Å². The number of unbranched alkanes of at least 4 members (excludes halogenated alkanes) is 12. The van der Waals surface area contributed by atoms with Crippen LogP contribution in [0.5, 0.6) is 0 Å². The van der Waals surface area contributed by atoms with Crippen LogP contribution in [0.15, 0.2) is 12.7 Å². The normalized spacial score (nSPS) is 12.0. The van der Waals surface area contributed by atoms with Crippen LogP contribution < -0.4 is 0 Å². The molecule has 0 aromatic carbocycles. The fraction of sp³-hybridized carbons (Fsp3) is 0.800. The molecule has 0 rings (SSSR count). The Morgan fingerprint density at radius 1 is 0.708 bits per heavy atom. The first-order valence-electron chi connectivity index (χ1n) is 9.65. The van der Waals surface area contributed by atoms with Crippen molar-refractivity contribution < 1.29 is 19.8 Å². The third-order valence-corrected chi connectivity index (χ3v) is 4.51. The van der Waals surface area contributed by atoms with Gasteiger partial charge in [-0.25, -0.2) is 0 Å². The van der Waals surface area contributed by atoms with E-state index in [2.05, 4.69) is 6.58 Å². The molecule has 0 saturated carbocycles. The highest BCUT2D eigenvalue weighted by atomic mass is 16.4. The molecule has 2 N–H and O–H groups in total. The highest BCUT2D eigenvalue weighted by Gasteiger charge is 2.11. The number of aliphatic carboxylic acids is 2. The zero-order valence-corrected chi connectivity index (χ0v) is 15.2. The summed E-state index contributed by atoms with van der Waals surface area (Å²) in [6.07, 6.45) is 17.8. The molecule has 0 heterocycles. The fourth-order valence-corrected chi connectivity index (χ4v) is 2.93. The predicted molar refractivity (Wildman–Crippen MR) is 98.2 cm³/mol. The average Bonchev–Trinajstić information content (AvgIpc) is 2.54. The summed E-state index contributed by atoms with van der Waals surface area (Å²) in [5.41, 5.74) is 0. The molecule has 0 bridgehead atoms. The molecule has 0 aliphatic carbocycles. The highest BCUT2D eigenvalue weighted by molar-refractivity contribution is 5.71. The molecule has 4 nitrogen and oxygen atoms in total. The highest BCUT2D eigenvalue weighted by Crippen LogP contribution is 2.15. The Kier molecular flexibility index (Phi) is 15.6. The molecule has 0 aromatic rings. The van der Waals surface area contributed by atoms with Crippen LogP contribution in [0.25, 0.3) is 0 Å². The third-order valence-electron chi connectivity index (χ3n) is 4.51. The van der Waals surface area contributed by atoms with Crippen LogP contribution in [0.2, 0.25) is 0 Å². The lowest BCUT2D eigenvalue weighted by Crippen LogP contribution is -2.10. The SMILES string of the molecule is C=CC(CCCCCCCCCCCCCCCC(=O)O)C(=O)O. The van der Waals surface area contributed by atoms with E-state index in [1.54, 1.807) is 0 Å². The van der Waals surface area contributed by atoms with Gasteiger partial charge in [0.2, 0.25) is 0 Å². The van der Waals surface area contributed by atoms with Gasteiger partial charge < -0.3 is 10.2 Å². The van der Waals surface area contributed by atoms with Gasteiger partial charge in [0.05, 0.1) is 5.92 Å². The number of rotatable bonds is 18. The molecule has 0 aromatic heterocycles. The third kappa shape index (κ3) is 15.6. The van der Waals surface area contributed by atoms with Gasteiger partial charge in [-0.3, -0.25) is 9.59 Å². The molecule has 0 spiro atoms. The van der Waals surface area contributed by atoms with Gasteiger partial charge in [-0.2, -0.15) is 0 Å². The van der Waals surface area contributed by atoms with Crippen molar-refractivity contribution in [1.82, 2.24) is 0 Å². The Bertz CT molecular complexity index is 339. The number of carboxylic acids is 2. The van der Waals surface area contributed by atoms with E-state index in [0.717, 1.165) is 32.1 Å². The molecule has 0 fully saturated rings. The lowest BCUT2D eigenvalue weighted by Gasteiger charge is -2.06. The summed E-state index contributed by atoms with van der Waals surface area (Å²) in [6.45, 7) is 3.57. The summed E-state index contributed by atoms with van der Waals surface area (Å²) >= 11 is 0.